The molecule has 0 heteroatoms. The van der Waals surface area contributed by atoms with E-state index in [1.807, 2.05) is 60.8 Å². The molecule has 0 spiro atoms. The summed E-state index contributed by atoms with van der Waals surface area (Å²) in [5.74, 6) is 0. The van der Waals surface area contributed by atoms with Crippen molar-refractivity contribution in [1.82, 2.24) is 0 Å². The summed E-state index contributed by atoms with van der Waals surface area (Å²) >= 11 is 0. The minimum absolute atomic E-state index is 1.19. The van der Waals surface area contributed by atoms with E-state index in [0.717, 1.165) is 0 Å². The highest BCUT2D eigenvalue weighted by molar-refractivity contribution is 5.21. The van der Waals surface area contributed by atoms with Crippen LogP contribution in [0.5, 0.6) is 0 Å². The average Bonchev–Trinajstić information content (AvgIpc) is 2.54. The molecule has 0 aromatic rings. The van der Waals surface area contributed by atoms with Gasteiger partial charge in [-0.25, -0.2) is 0 Å². The Labute approximate surface area is 137 Å². The highest BCUT2D eigenvalue weighted by Gasteiger charge is 1.82. The van der Waals surface area contributed by atoms with Crippen LogP contribution in [0, 0.1) is 0 Å². The molecule has 0 aromatic carbocycles. The van der Waals surface area contributed by atoms with E-state index < -0.39 is 0 Å². The summed E-state index contributed by atoms with van der Waals surface area (Å²) in [4.78, 5) is 0. The van der Waals surface area contributed by atoms with E-state index >= 15 is 0 Å². The third-order valence-corrected chi connectivity index (χ3v) is 2.83. The van der Waals surface area contributed by atoms with Gasteiger partial charge in [-0.2, -0.15) is 0 Å². The normalized spacial score (nSPS) is 13.5. The van der Waals surface area contributed by atoms with Gasteiger partial charge in [-0.3, -0.25) is 0 Å². The Morgan fingerprint density at radius 1 is 0.545 bits per heavy atom. The van der Waals surface area contributed by atoms with Gasteiger partial charge in [-0.15, -0.1) is 0 Å². The van der Waals surface area contributed by atoms with E-state index in [2.05, 4.69) is 37.8 Å². The van der Waals surface area contributed by atoms with Crippen LogP contribution in [0.1, 0.15) is 39.0 Å². The lowest BCUT2D eigenvalue weighted by Crippen LogP contribution is -1.72. The molecule has 0 aliphatic rings. The molecular weight excluding hydrogens is 264 g/mol. The minimum Gasteiger partial charge on any atom is -0.0991 e. The second kappa shape index (κ2) is 18.9. The van der Waals surface area contributed by atoms with Gasteiger partial charge < -0.3 is 0 Å². The van der Waals surface area contributed by atoms with Crippen LogP contribution in [0.4, 0.5) is 0 Å². The molecule has 0 saturated heterocycles. The number of hydrogen-bond donors (Lipinski definition) is 0. The third kappa shape index (κ3) is 17.9. The van der Waals surface area contributed by atoms with Gasteiger partial charge in [-0.1, -0.05) is 124 Å². The second-order valence-electron chi connectivity index (χ2n) is 4.82. The van der Waals surface area contributed by atoms with Crippen molar-refractivity contribution in [1.29, 1.82) is 0 Å². The Morgan fingerprint density at radius 2 is 1.00 bits per heavy atom. The zero-order valence-corrected chi connectivity index (χ0v) is 13.9. The Morgan fingerprint density at radius 3 is 1.45 bits per heavy atom. The molecular formula is C22H30. The van der Waals surface area contributed by atoms with Crippen molar-refractivity contribution >= 4 is 0 Å². The molecule has 0 rings (SSSR count). The Balaban J connectivity index is 3.69. The number of unbranched alkanes of at least 4 members (excludes halogenated alkanes) is 4. The van der Waals surface area contributed by atoms with Crippen LogP contribution in [0.2, 0.25) is 0 Å². The topological polar surface area (TPSA) is 0 Å². The van der Waals surface area contributed by atoms with Crippen molar-refractivity contribution in [3.8, 4) is 0 Å². The molecule has 0 saturated carbocycles. The molecule has 0 unspecified atom stereocenters. The molecule has 0 nitrogen and oxygen atoms in total. The third-order valence-electron chi connectivity index (χ3n) is 2.83. The van der Waals surface area contributed by atoms with Crippen molar-refractivity contribution in [3.05, 3.63) is 97.7 Å². The molecule has 22 heavy (non-hydrogen) atoms. The quantitative estimate of drug-likeness (QED) is 0.267. The zero-order chi connectivity index (χ0) is 16.1. The predicted molar refractivity (Wildman–Crippen MR) is 103 cm³/mol. The largest absolute Gasteiger partial charge is 0.0991 e. The van der Waals surface area contributed by atoms with Crippen molar-refractivity contribution in [3.63, 3.8) is 0 Å². The van der Waals surface area contributed by atoms with Gasteiger partial charge in [0, 0.05) is 0 Å². The first kappa shape index (κ1) is 19.9. The molecule has 0 amide bonds. The first-order valence-corrected chi connectivity index (χ1v) is 8.19. The maximum atomic E-state index is 3.61. The predicted octanol–water partition coefficient (Wildman–Crippen LogP) is 7.04. The maximum absolute atomic E-state index is 3.61. The van der Waals surface area contributed by atoms with Crippen LogP contribution >= 0.6 is 0 Å². The van der Waals surface area contributed by atoms with Gasteiger partial charge >= 0.3 is 0 Å². The van der Waals surface area contributed by atoms with Gasteiger partial charge in [0.05, 0.1) is 0 Å². The minimum atomic E-state index is 1.19. The summed E-state index contributed by atoms with van der Waals surface area (Å²) in [7, 11) is 0. The first-order chi connectivity index (χ1) is 10.9. The molecule has 0 aromatic heterocycles. The van der Waals surface area contributed by atoms with Gasteiger partial charge in [0.25, 0.3) is 0 Å². The number of rotatable bonds is 12. The van der Waals surface area contributed by atoms with E-state index in [-0.39, 0.29) is 0 Å². The summed E-state index contributed by atoms with van der Waals surface area (Å²) in [6.45, 7) is 5.85. The highest BCUT2D eigenvalue weighted by Crippen LogP contribution is 2.02. The Kier molecular flexibility index (Phi) is 17.1. The molecule has 0 fully saturated rings. The molecule has 0 aliphatic carbocycles. The van der Waals surface area contributed by atoms with E-state index in [4.69, 9.17) is 0 Å². The van der Waals surface area contributed by atoms with Gasteiger partial charge in [0.2, 0.25) is 0 Å². The second-order valence-corrected chi connectivity index (χ2v) is 4.82. The Hall–Kier alpha value is -2.08. The van der Waals surface area contributed by atoms with Crippen molar-refractivity contribution in [2.75, 3.05) is 0 Å². The summed E-state index contributed by atoms with van der Waals surface area (Å²) in [6.07, 6.45) is 36.6. The maximum Gasteiger partial charge on any atom is -0.0348 e. The van der Waals surface area contributed by atoms with E-state index in [1.165, 1.54) is 32.1 Å². The molecule has 0 atom stereocenters. The van der Waals surface area contributed by atoms with Crippen molar-refractivity contribution in [2.45, 2.75) is 39.0 Å². The fourth-order valence-corrected chi connectivity index (χ4v) is 1.65. The lowest BCUT2D eigenvalue weighted by Gasteiger charge is -1.92. The fraction of sp³-hybridized carbons (Fsp3) is 0.273. The molecule has 0 aliphatic heterocycles. The molecule has 118 valence electrons. The number of hydrogen-bond acceptors (Lipinski definition) is 0. The van der Waals surface area contributed by atoms with Gasteiger partial charge in [0.15, 0.2) is 0 Å². The summed E-state index contributed by atoms with van der Waals surface area (Å²) in [5, 5.41) is 0. The van der Waals surface area contributed by atoms with Crippen LogP contribution in [0.15, 0.2) is 97.7 Å². The molecule has 0 radical (unpaired) electrons. The first-order valence-electron chi connectivity index (χ1n) is 8.19. The lowest BCUT2D eigenvalue weighted by atomic mass is 10.1. The smallest absolute Gasteiger partial charge is 0.0348 e. The van der Waals surface area contributed by atoms with Crippen molar-refractivity contribution < 1.29 is 0 Å². The van der Waals surface area contributed by atoms with Crippen molar-refractivity contribution in [2.24, 2.45) is 0 Å². The summed E-state index contributed by atoms with van der Waals surface area (Å²) in [5.41, 5.74) is 0. The molecule has 0 heterocycles. The molecule has 0 N–H and O–H groups in total. The Bertz CT molecular complexity index is 437. The lowest BCUT2D eigenvalue weighted by molar-refractivity contribution is 0.674. The van der Waals surface area contributed by atoms with Crippen LogP contribution in [-0.4, -0.2) is 0 Å². The van der Waals surface area contributed by atoms with Crippen LogP contribution < -0.4 is 0 Å². The monoisotopic (exact) mass is 294 g/mol. The van der Waals surface area contributed by atoms with Crippen LogP contribution in [0.25, 0.3) is 0 Å². The molecule has 0 bridgehead atoms. The summed E-state index contributed by atoms with van der Waals surface area (Å²) < 4.78 is 0. The van der Waals surface area contributed by atoms with Crippen LogP contribution in [-0.2, 0) is 0 Å². The van der Waals surface area contributed by atoms with Gasteiger partial charge in [-0.05, 0) is 12.8 Å². The van der Waals surface area contributed by atoms with E-state index in [1.54, 1.807) is 6.08 Å². The number of allylic oxidation sites excluding steroid dienone is 15. The fourth-order valence-electron chi connectivity index (χ4n) is 1.65. The summed E-state index contributed by atoms with van der Waals surface area (Å²) in [6, 6.07) is 0. The zero-order valence-electron chi connectivity index (χ0n) is 13.9. The van der Waals surface area contributed by atoms with E-state index in [0.29, 0.717) is 0 Å². The average molecular weight is 294 g/mol. The van der Waals surface area contributed by atoms with Crippen LogP contribution in [0.3, 0.4) is 0 Å². The highest BCUT2D eigenvalue weighted by atomic mass is 13.9. The standard InChI is InChI=1S/C22H30/c1-3-5-7-9-11-13-15-17-19-21-22-20-18-16-14-12-10-8-6-4-2/h3,5,7,9,11,13-22H,1,4,6,8,10,12H2,2H3/b7-5+,11-9+,15-13+,16-14+,19-17+,20-18+,22-21+. The van der Waals surface area contributed by atoms with E-state index in [9.17, 15) is 0 Å². The SMILES string of the molecule is C=C/C=C/C=C/C=C/C=C/C=C/C=C/C=C/CCCCCC. The van der Waals surface area contributed by atoms with Gasteiger partial charge in [0.1, 0.15) is 0 Å².